The van der Waals surface area contributed by atoms with Crippen molar-refractivity contribution in [2.24, 2.45) is 0 Å². The molecule has 0 heteroatoms. The third-order valence-electron chi connectivity index (χ3n) is 2.46. The smallest absolute Gasteiger partial charge is 0.0247 e. The van der Waals surface area contributed by atoms with Crippen molar-refractivity contribution in [3.8, 4) is 0 Å². The molecule has 0 saturated heterocycles. The van der Waals surface area contributed by atoms with E-state index in [-0.39, 0.29) is 0 Å². The Morgan fingerprint density at radius 3 is 2.36 bits per heavy atom. The fraction of sp³-hybridized carbons (Fsp3) is 0.786. The normalized spacial score (nSPS) is 9.64. The van der Waals surface area contributed by atoms with Crippen LogP contribution in [0.15, 0.2) is 17.4 Å². The lowest BCUT2D eigenvalue weighted by Crippen LogP contribution is -1.75. The van der Waals surface area contributed by atoms with Gasteiger partial charge in [0.05, 0.1) is 0 Å². The maximum Gasteiger partial charge on any atom is -0.0247 e. The number of hydrogen-bond donors (Lipinski definition) is 0. The van der Waals surface area contributed by atoms with E-state index in [1.165, 1.54) is 56.9 Å². The Bertz CT molecular complexity index is 170. The van der Waals surface area contributed by atoms with Gasteiger partial charge in [-0.1, -0.05) is 39.5 Å². The van der Waals surface area contributed by atoms with E-state index < -0.39 is 0 Å². The summed E-state index contributed by atoms with van der Waals surface area (Å²) in [5.74, 6) is 0. The Morgan fingerprint density at radius 2 is 1.71 bits per heavy atom. The summed E-state index contributed by atoms with van der Waals surface area (Å²) >= 11 is 0. The zero-order valence-corrected chi connectivity index (χ0v) is 10.2. The highest BCUT2D eigenvalue weighted by molar-refractivity contribution is 4.97. The van der Waals surface area contributed by atoms with Gasteiger partial charge in [-0.25, -0.2) is 0 Å². The maximum atomic E-state index is 3.39. The van der Waals surface area contributed by atoms with Crippen LogP contribution in [0.25, 0.3) is 0 Å². The molecule has 0 aromatic heterocycles. The zero-order valence-electron chi connectivity index (χ0n) is 10.2. The summed E-state index contributed by atoms with van der Waals surface area (Å²) in [5.41, 5.74) is 4.80. The Kier molecular flexibility index (Phi) is 10.2. The van der Waals surface area contributed by atoms with Gasteiger partial charge in [0.1, 0.15) is 0 Å². The minimum Gasteiger partial charge on any atom is -0.126 e. The van der Waals surface area contributed by atoms with E-state index in [1.54, 1.807) is 0 Å². The third-order valence-corrected chi connectivity index (χ3v) is 2.46. The van der Waals surface area contributed by atoms with E-state index in [2.05, 4.69) is 32.6 Å². The monoisotopic (exact) mass is 194 g/mol. The van der Waals surface area contributed by atoms with Crippen LogP contribution in [-0.2, 0) is 0 Å². The number of rotatable bonds is 8. The van der Waals surface area contributed by atoms with Gasteiger partial charge in [-0.2, -0.15) is 0 Å². The van der Waals surface area contributed by atoms with Gasteiger partial charge in [0, 0.05) is 0 Å². The SMILES string of the molecule is CCCCCCC=C=C(C)CCCC. The Balaban J connectivity index is 3.47. The summed E-state index contributed by atoms with van der Waals surface area (Å²) in [7, 11) is 0. The minimum absolute atomic E-state index is 1.21. The number of hydrogen-bond acceptors (Lipinski definition) is 0. The molecule has 0 aliphatic carbocycles. The first-order chi connectivity index (χ1) is 6.81. The second kappa shape index (κ2) is 10.6. The molecule has 0 nitrogen and oxygen atoms in total. The molecule has 0 aliphatic rings. The highest BCUT2D eigenvalue weighted by Gasteiger charge is 1.86. The summed E-state index contributed by atoms with van der Waals surface area (Å²) in [6, 6.07) is 0. The standard InChI is InChI=1S/C14H26/c1-4-6-8-9-10-11-13-14(3)12-7-5-2/h11H,4-10,12H2,1-3H3. The van der Waals surface area contributed by atoms with Gasteiger partial charge in [-0.05, 0) is 44.3 Å². The first-order valence-corrected chi connectivity index (χ1v) is 6.21. The molecule has 0 unspecified atom stereocenters. The van der Waals surface area contributed by atoms with E-state index in [4.69, 9.17) is 0 Å². The van der Waals surface area contributed by atoms with Crippen LogP contribution in [0.4, 0.5) is 0 Å². The summed E-state index contributed by atoms with van der Waals surface area (Å²) in [6.07, 6.45) is 12.7. The summed E-state index contributed by atoms with van der Waals surface area (Å²) < 4.78 is 0. The molecule has 0 N–H and O–H groups in total. The molecule has 0 fully saturated rings. The van der Waals surface area contributed by atoms with E-state index >= 15 is 0 Å². The quantitative estimate of drug-likeness (QED) is 0.366. The summed E-state index contributed by atoms with van der Waals surface area (Å²) in [4.78, 5) is 0. The molecule has 82 valence electrons. The molecule has 0 amide bonds. The van der Waals surface area contributed by atoms with Gasteiger partial charge in [-0.3, -0.25) is 0 Å². The van der Waals surface area contributed by atoms with Crippen molar-refractivity contribution >= 4 is 0 Å². The second-order valence-corrected chi connectivity index (χ2v) is 4.08. The van der Waals surface area contributed by atoms with Crippen molar-refractivity contribution in [2.45, 2.75) is 72.1 Å². The lowest BCUT2D eigenvalue weighted by Gasteiger charge is -1.95. The molecule has 0 bridgehead atoms. The van der Waals surface area contributed by atoms with Gasteiger partial charge in [0.15, 0.2) is 0 Å². The lowest BCUT2D eigenvalue weighted by atomic mass is 10.1. The molecule has 14 heavy (non-hydrogen) atoms. The van der Waals surface area contributed by atoms with Crippen molar-refractivity contribution in [3.63, 3.8) is 0 Å². The highest BCUT2D eigenvalue weighted by Crippen LogP contribution is 2.06. The van der Waals surface area contributed by atoms with E-state index in [0.717, 1.165) is 0 Å². The van der Waals surface area contributed by atoms with Crippen LogP contribution in [0, 0.1) is 0 Å². The molecular weight excluding hydrogens is 168 g/mol. The topological polar surface area (TPSA) is 0 Å². The Hall–Kier alpha value is -0.480. The average Bonchev–Trinajstić information content (AvgIpc) is 2.20. The molecule has 0 rings (SSSR count). The molecular formula is C14H26. The van der Waals surface area contributed by atoms with Crippen LogP contribution < -0.4 is 0 Å². The van der Waals surface area contributed by atoms with Crippen LogP contribution in [0.3, 0.4) is 0 Å². The fourth-order valence-electron chi connectivity index (χ4n) is 1.43. The van der Waals surface area contributed by atoms with Crippen LogP contribution in [-0.4, -0.2) is 0 Å². The summed E-state index contributed by atoms with van der Waals surface area (Å²) in [5, 5.41) is 0. The van der Waals surface area contributed by atoms with Crippen molar-refractivity contribution in [3.05, 3.63) is 17.4 Å². The molecule has 0 aromatic carbocycles. The van der Waals surface area contributed by atoms with Crippen molar-refractivity contribution < 1.29 is 0 Å². The first kappa shape index (κ1) is 13.5. The molecule has 0 aromatic rings. The average molecular weight is 194 g/mol. The van der Waals surface area contributed by atoms with Gasteiger partial charge in [-0.15, -0.1) is 5.73 Å². The van der Waals surface area contributed by atoms with Crippen molar-refractivity contribution in [1.82, 2.24) is 0 Å². The summed E-state index contributed by atoms with van der Waals surface area (Å²) in [6.45, 7) is 6.69. The predicted octanol–water partition coefficient (Wildman–Crippen LogP) is 5.25. The van der Waals surface area contributed by atoms with Gasteiger partial charge >= 0.3 is 0 Å². The molecule has 0 atom stereocenters. The predicted molar refractivity (Wildman–Crippen MR) is 65.6 cm³/mol. The lowest BCUT2D eigenvalue weighted by molar-refractivity contribution is 0.674. The van der Waals surface area contributed by atoms with Crippen LogP contribution in [0.5, 0.6) is 0 Å². The van der Waals surface area contributed by atoms with Gasteiger partial charge in [0.2, 0.25) is 0 Å². The van der Waals surface area contributed by atoms with E-state index in [1.807, 2.05) is 0 Å². The zero-order chi connectivity index (χ0) is 10.6. The molecule has 0 spiro atoms. The van der Waals surface area contributed by atoms with Crippen LogP contribution in [0.1, 0.15) is 72.1 Å². The maximum absolute atomic E-state index is 3.39. The Morgan fingerprint density at radius 1 is 1.00 bits per heavy atom. The number of unbranched alkanes of at least 4 members (excludes halogenated alkanes) is 5. The number of allylic oxidation sites excluding steroid dienone is 1. The van der Waals surface area contributed by atoms with Gasteiger partial charge in [0.25, 0.3) is 0 Å². The van der Waals surface area contributed by atoms with Gasteiger partial charge < -0.3 is 0 Å². The highest BCUT2D eigenvalue weighted by atomic mass is 13.9. The first-order valence-electron chi connectivity index (χ1n) is 6.21. The molecule has 0 saturated carbocycles. The van der Waals surface area contributed by atoms with Crippen molar-refractivity contribution in [2.75, 3.05) is 0 Å². The van der Waals surface area contributed by atoms with Crippen molar-refractivity contribution in [1.29, 1.82) is 0 Å². The van der Waals surface area contributed by atoms with Crippen LogP contribution >= 0.6 is 0 Å². The Labute approximate surface area is 90.1 Å². The molecule has 0 aliphatic heterocycles. The second-order valence-electron chi connectivity index (χ2n) is 4.08. The van der Waals surface area contributed by atoms with E-state index in [0.29, 0.717) is 0 Å². The van der Waals surface area contributed by atoms with E-state index in [9.17, 15) is 0 Å². The third kappa shape index (κ3) is 9.61. The molecule has 0 radical (unpaired) electrons. The molecule has 0 heterocycles. The van der Waals surface area contributed by atoms with Crippen LogP contribution in [0.2, 0.25) is 0 Å². The minimum atomic E-state index is 1.21. The largest absolute Gasteiger partial charge is 0.126 e. The fourth-order valence-corrected chi connectivity index (χ4v) is 1.43.